The van der Waals surface area contributed by atoms with Gasteiger partial charge in [-0.2, -0.15) is 0 Å². The van der Waals surface area contributed by atoms with Crippen LogP contribution < -0.4 is 5.73 Å². The molecule has 42 valence electrons. The fourth-order valence-electron chi connectivity index (χ4n) is 0.213. The molecular weight excluding hydrogens is 92.1 g/mol. The molecular formula is C4H10N2O. The molecule has 0 aromatic heterocycles. The second-order valence-electron chi connectivity index (χ2n) is 1.20. The summed E-state index contributed by atoms with van der Waals surface area (Å²) in [6.45, 7) is 1.97. The first-order valence-corrected chi connectivity index (χ1v) is 2.17. The summed E-state index contributed by atoms with van der Waals surface area (Å²) in [7, 11) is 0. The lowest BCUT2D eigenvalue weighted by Crippen LogP contribution is -2.02. The zero-order chi connectivity index (χ0) is 5.70. The van der Waals surface area contributed by atoms with E-state index in [0.29, 0.717) is 6.54 Å². The minimum absolute atomic E-state index is 0.394. The molecule has 0 bridgehead atoms. The van der Waals surface area contributed by atoms with E-state index in [9.17, 15) is 0 Å². The van der Waals surface area contributed by atoms with Gasteiger partial charge in [-0.1, -0.05) is 0 Å². The number of aliphatic imine (C=N–C) groups is 1. The van der Waals surface area contributed by atoms with Crippen molar-refractivity contribution in [1.82, 2.24) is 0 Å². The molecule has 7 heavy (non-hydrogen) atoms. The van der Waals surface area contributed by atoms with Gasteiger partial charge in [0.25, 0.3) is 0 Å². The van der Waals surface area contributed by atoms with Crippen molar-refractivity contribution >= 4 is 6.21 Å². The second kappa shape index (κ2) is 3.77. The largest absolute Gasteiger partial charge is 0.372 e. The van der Waals surface area contributed by atoms with Gasteiger partial charge in [-0.15, -0.1) is 0 Å². The lowest BCUT2D eigenvalue weighted by Gasteiger charge is -1.89. The van der Waals surface area contributed by atoms with Gasteiger partial charge in [-0.25, -0.2) is 0 Å². The van der Waals surface area contributed by atoms with Crippen molar-refractivity contribution in [2.75, 3.05) is 6.54 Å². The minimum Gasteiger partial charge on any atom is -0.372 e. The van der Waals surface area contributed by atoms with Crippen LogP contribution in [0.5, 0.6) is 0 Å². The summed E-state index contributed by atoms with van der Waals surface area (Å²) in [6, 6.07) is 0. The molecule has 3 N–H and O–H groups in total. The highest BCUT2D eigenvalue weighted by atomic mass is 16.3. The smallest absolute Gasteiger partial charge is 0.142 e. The van der Waals surface area contributed by atoms with Gasteiger partial charge in [-0.05, 0) is 6.92 Å². The Bertz CT molecular complexity index is 60.7. The average Bonchev–Trinajstić information content (AvgIpc) is 1.61. The maximum absolute atomic E-state index is 8.43. The normalized spacial score (nSPS) is 15.3. The molecule has 3 nitrogen and oxygen atoms in total. The van der Waals surface area contributed by atoms with Crippen LogP contribution in [0, 0.1) is 0 Å². The number of hydrogen-bond donors (Lipinski definition) is 2. The Morgan fingerprint density at radius 1 is 2.00 bits per heavy atom. The van der Waals surface area contributed by atoms with Gasteiger partial charge in [-0.3, -0.25) is 4.99 Å². The summed E-state index contributed by atoms with van der Waals surface area (Å²) in [5.74, 6) is 0. The first kappa shape index (κ1) is 6.59. The lowest BCUT2D eigenvalue weighted by atomic mass is 10.6. The van der Waals surface area contributed by atoms with E-state index in [1.807, 2.05) is 0 Å². The fraction of sp³-hybridized carbons (Fsp3) is 0.750. The van der Waals surface area contributed by atoms with E-state index in [1.165, 1.54) is 6.21 Å². The third-order valence-electron chi connectivity index (χ3n) is 0.427. The molecule has 0 aliphatic carbocycles. The van der Waals surface area contributed by atoms with Crippen LogP contribution in [0.15, 0.2) is 4.99 Å². The van der Waals surface area contributed by atoms with Gasteiger partial charge < -0.3 is 10.8 Å². The summed E-state index contributed by atoms with van der Waals surface area (Å²) in [5.41, 5.74) is 5.02. The standard InChI is InChI=1S/C4H10N2O/c1-4(7)6-3-2-5/h3-4,7H,2,5H2,1H3. The molecule has 0 radical (unpaired) electrons. The molecule has 0 aliphatic rings. The molecule has 0 saturated carbocycles. The van der Waals surface area contributed by atoms with E-state index in [2.05, 4.69) is 4.99 Å². The van der Waals surface area contributed by atoms with Crippen molar-refractivity contribution in [1.29, 1.82) is 0 Å². The third kappa shape index (κ3) is 5.59. The number of nitrogens with two attached hydrogens (primary N) is 1. The maximum atomic E-state index is 8.43. The molecule has 1 atom stereocenters. The van der Waals surface area contributed by atoms with Crippen molar-refractivity contribution in [2.45, 2.75) is 13.2 Å². The minimum atomic E-state index is -0.608. The van der Waals surface area contributed by atoms with E-state index in [4.69, 9.17) is 10.8 Å². The molecule has 0 saturated heterocycles. The van der Waals surface area contributed by atoms with Crippen LogP contribution in [0.2, 0.25) is 0 Å². The average molecular weight is 102 g/mol. The topological polar surface area (TPSA) is 58.6 Å². The molecule has 0 aliphatic heterocycles. The van der Waals surface area contributed by atoms with Crippen LogP contribution in [0.4, 0.5) is 0 Å². The molecule has 0 heterocycles. The lowest BCUT2D eigenvalue weighted by molar-refractivity contribution is 0.206. The van der Waals surface area contributed by atoms with Crippen molar-refractivity contribution in [2.24, 2.45) is 10.7 Å². The zero-order valence-corrected chi connectivity index (χ0v) is 4.33. The molecule has 0 rings (SSSR count). The Hall–Kier alpha value is -0.410. The van der Waals surface area contributed by atoms with Crippen LogP contribution in [0.1, 0.15) is 6.92 Å². The predicted molar refractivity (Wildman–Crippen MR) is 29.2 cm³/mol. The first-order chi connectivity index (χ1) is 3.27. The molecule has 0 amide bonds. The van der Waals surface area contributed by atoms with Gasteiger partial charge in [0.15, 0.2) is 0 Å². The van der Waals surface area contributed by atoms with Crippen molar-refractivity contribution in [3.63, 3.8) is 0 Å². The van der Waals surface area contributed by atoms with Gasteiger partial charge in [0.1, 0.15) is 6.23 Å². The Labute approximate surface area is 42.9 Å². The van der Waals surface area contributed by atoms with E-state index >= 15 is 0 Å². The molecule has 3 heteroatoms. The number of aliphatic hydroxyl groups excluding tert-OH is 1. The van der Waals surface area contributed by atoms with E-state index < -0.39 is 6.23 Å². The highest BCUT2D eigenvalue weighted by molar-refractivity contribution is 5.59. The number of aliphatic hydroxyl groups is 1. The maximum Gasteiger partial charge on any atom is 0.142 e. The van der Waals surface area contributed by atoms with E-state index in [1.54, 1.807) is 6.92 Å². The molecule has 0 spiro atoms. The van der Waals surface area contributed by atoms with Crippen LogP contribution in [0.3, 0.4) is 0 Å². The highest BCUT2D eigenvalue weighted by Gasteiger charge is 1.80. The third-order valence-corrected chi connectivity index (χ3v) is 0.427. The van der Waals surface area contributed by atoms with Crippen molar-refractivity contribution in [3.05, 3.63) is 0 Å². The Kier molecular flexibility index (Phi) is 3.55. The Morgan fingerprint density at radius 2 is 2.57 bits per heavy atom. The Morgan fingerprint density at radius 3 is 2.71 bits per heavy atom. The van der Waals surface area contributed by atoms with E-state index in [0.717, 1.165) is 0 Å². The number of rotatable bonds is 2. The van der Waals surface area contributed by atoms with Crippen LogP contribution >= 0.6 is 0 Å². The van der Waals surface area contributed by atoms with Gasteiger partial charge >= 0.3 is 0 Å². The van der Waals surface area contributed by atoms with Gasteiger partial charge in [0, 0.05) is 12.8 Å². The van der Waals surface area contributed by atoms with Crippen molar-refractivity contribution < 1.29 is 5.11 Å². The Balaban J connectivity index is 3.08. The molecule has 0 aromatic rings. The zero-order valence-electron chi connectivity index (χ0n) is 4.33. The van der Waals surface area contributed by atoms with Gasteiger partial charge in [0.05, 0.1) is 0 Å². The van der Waals surface area contributed by atoms with Crippen molar-refractivity contribution in [3.8, 4) is 0 Å². The summed E-state index contributed by atoms with van der Waals surface area (Å²) in [4.78, 5) is 3.55. The SMILES string of the molecule is CC(O)N=CCN. The van der Waals surface area contributed by atoms with Crippen LogP contribution in [0.25, 0.3) is 0 Å². The summed E-state index contributed by atoms with van der Waals surface area (Å²) < 4.78 is 0. The molecule has 1 unspecified atom stereocenters. The number of hydrogen-bond acceptors (Lipinski definition) is 3. The quantitative estimate of drug-likeness (QED) is 0.455. The summed E-state index contributed by atoms with van der Waals surface area (Å²) in [5, 5.41) is 8.43. The molecule has 0 aromatic carbocycles. The fourth-order valence-corrected chi connectivity index (χ4v) is 0.213. The first-order valence-electron chi connectivity index (χ1n) is 2.17. The van der Waals surface area contributed by atoms with Crippen LogP contribution in [-0.4, -0.2) is 24.1 Å². The highest BCUT2D eigenvalue weighted by Crippen LogP contribution is 1.75. The molecule has 0 fully saturated rings. The summed E-state index contributed by atoms with van der Waals surface area (Å²) in [6.07, 6.45) is 0.869. The summed E-state index contributed by atoms with van der Waals surface area (Å²) >= 11 is 0. The number of nitrogens with zero attached hydrogens (tertiary/aromatic N) is 1. The van der Waals surface area contributed by atoms with E-state index in [-0.39, 0.29) is 0 Å². The second-order valence-corrected chi connectivity index (χ2v) is 1.20. The predicted octanol–water partition coefficient (Wildman–Crippen LogP) is -0.646. The van der Waals surface area contributed by atoms with Gasteiger partial charge in [0.2, 0.25) is 0 Å². The van der Waals surface area contributed by atoms with Crippen LogP contribution in [-0.2, 0) is 0 Å². The monoisotopic (exact) mass is 102 g/mol.